The number of amides is 1. The van der Waals surface area contributed by atoms with Crippen LogP contribution in [0, 0.1) is 0 Å². The summed E-state index contributed by atoms with van der Waals surface area (Å²) in [5, 5.41) is 3.37. The first-order chi connectivity index (χ1) is 11.1. The first-order valence-corrected chi connectivity index (χ1v) is 7.29. The number of halogens is 1. The van der Waals surface area contributed by atoms with E-state index in [9.17, 15) is 9.59 Å². The molecule has 0 heterocycles. The Hall–Kier alpha value is -2.53. The lowest BCUT2D eigenvalue weighted by Crippen LogP contribution is -2.28. The molecule has 0 aliphatic rings. The normalized spacial score (nSPS) is 10.0. The Labute approximate surface area is 139 Å². The molecule has 0 spiro atoms. The predicted molar refractivity (Wildman–Crippen MR) is 86.6 cm³/mol. The van der Waals surface area contributed by atoms with Crippen LogP contribution < -0.4 is 10.1 Å². The Balaban J connectivity index is 1.87. The molecule has 5 nitrogen and oxygen atoms in total. The maximum atomic E-state index is 11.8. The number of carbonyl (C=O) groups is 2. The van der Waals surface area contributed by atoms with Crippen LogP contribution in [-0.4, -0.2) is 25.6 Å². The summed E-state index contributed by atoms with van der Waals surface area (Å²) in [5.41, 5.74) is 1.21. The summed E-state index contributed by atoms with van der Waals surface area (Å²) in [4.78, 5) is 23.4. The van der Waals surface area contributed by atoms with Crippen LogP contribution in [0.4, 0.5) is 0 Å². The summed E-state index contributed by atoms with van der Waals surface area (Å²) >= 11 is 5.80. The summed E-state index contributed by atoms with van der Waals surface area (Å²) in [7, 11) is 1.29. The molecule has 0 aromatic heterocycles. The van der Waals surface area contributed by atoms with Crippen LogP contribution in [0.5, 0.6) is 5.75 Å². The van der Waals surface area contributed by atoms with E-state index in [0.717, 1.165) is 5.56 Å². The van der Waals surface area contributed by atoms with E-state index < -0.39 is 5.97 Å². The molecule has 0 aliphatic heterocycles. The number of ether oxygens (including phenoxy) is 2. The smallest absolute Gasteiger partial charge is 0.341 e. The number of esters is 1. The Bertz CT molecular complexity index is 685. The number of carbonyl (C=O) groups excluding carboxylic acids is 2. The molecule has 1 N–H and O–H groups in total. The molecule has 1 amide bonds. The average Bonchev–Trinajstić information content (AvgIpc) is 2.59. The Morgan fingerprint density at radius 1 is 1.09 bits per heavy atom. The zero-order valence-electron chi connectivity index (χ0n) is 12.5. The van der Waals surface area contributed by atoms with Crippen LogP contribution in [0.3, 0.4) is 0 Å². The zero-order valence-corrected chi connectivity index (χ0v) is 13.3. The van der Waals surface area contributed by atoms with E-state index in [1.54, 1.807) is 36.4 Å². The van der Waals surface area contributed by atoms with Crippen LogP contribution in [0.15, 0.2) is 48.5 Å². The second-order valence-electron chi connectivity index (χ2n) is 4.68. The molecule has 6 heteroatoms. The van der Waals surface area contributed by atoms with Crippen molar-refractivity contribution in [2.75, 3.05) is 13.7 Å². The van der Waals surface area contributed by atoms with Crippen molar-refractivity contribution in [3.05, 3.63) is 64.7 Å². The molecule has 0 fully saturated rings. The third-order valence-corrected chi connectivity index (χ3v) is 3.31. The Kier molecular flexibility index (Phi) is 6.00. The molecule has 23 heavy (non-hydrogen) atoms. The summed E-state index contributed by atoms with van der Waals surface area (Å²) < 4.78 is 10.1. The lowest BCUT2D eigenvalue weighted by Gasteiger charge is -2.10. The summed E-state index contributed by atoms with van der Waals surface area (Å²) in [6.07, 6.45) is 0. The second kappa shape index (κ2) is 8.19. The highest BCUT2D eigenvalue weighted by molar-refractivity contribution is 6.30. The molecule has 0 bridgehead atoms. The topological polar surface area (TPSA) is 64.6 Å². The molecule has 0 radical (unpaired) electrons. The van der Waals surface area contributed by atoms with E-state index in [2.05, 4.69) is 10.1 Å². The monoisotopic (exact) mass is 333 g/mol. The standard InChI is InChI=1S/C17H16ClNO4/c1-22-17(21)14-4-2-3-5-15(14)23-11-16(20)19-10-12-6-8-13(18)9-7-12/h2-9H,10-11H2,1H3,(H,19,20). The largest absolute Gasteiger partial charge is 0.483 e. The molecule has 120 valence electrons. The van der Waals surface area contributed by atoms with Crippen molar-refractivity contribution in [1.82, 2.24) is 5.32 Å². The van der Waals surface area contributed by atoms with Crippen LogP contribution in [0.25, 0.3) is 0 Å². The lowest BCUT2D eigenvalue weighted by molar-refractivity contribution is -0.123. The number of para-hydroxylation sites is 1. The highest BCUT2D eigenvalue weighted by atomic mass is 35.5. The van der Waals surface area contributed by atoms with E-state index >= 15 is 0 Å². The summed E-state index contributed by atoms with van der Waals surface area (Å²) in [6, 6.07) is 13.8. The molecule has 0 atom stereocenters. The van der Waals surface area contributed by atoms with Crippen LogP contribution >= 0.6 is 11.6 Å². The number of nitrogens with one attached hydrogen (secondary N) is 1. The second-order valence-corrected chi connectivity index (χ2v) is 5.12. The van der Waals surface area contributed by atoms with Crippen molar-refractivity contribution in [1.29, 1.82) is 0 Å². The minimum atomic E-state index is -0.512. The van der Waals surface area contributed by atoms with Crippen LogP contribution in [-0.2, 0) is 16.1 Å². The number of hydrogen-bond acceptors (Lipinski definition) is 4. The van der Waals surface area contributed by atoms with Crippen molar-refractivity contribution in [3.8, 4) is 5.75 Å². The van der Waals surface area contributed by atoms with E-state index in [-0.39, 0.29) is 18.1 Å². The van der Waals surface area contributed by atoms with Crippen molar-refractivity contribution < 1.29 is 19.1 Å². The third kappa shape index (κ3) is 5.00. The Morgan fingerprint density at radius 3 is 2.48 bits per heavy atom. The molecule has 2 aromatic carbocycles. The van der Waals surface area contributed by atoms with E-state index in [0.29, 0.717) is 17.3 Å². The van der Waals surface area contributed by atoms with Gasteiger partial charge in [-0.05, 0) is 29.8 Å². The number of benzene rings is 2. The first kappa shape index (κ1) is 16.8. The van der Waals surface area contributed by atoms with Gasteiger partial charge < -0.3 is 14.8 Å². The van der Waals surface area contributed by atoms with Gasteiger partial charge in [-0.1, -0.05) is 35.9 Å². The van der Waals surface area contributed by atoms with E-state index in [1.807, 2.05) is 12.1 Å². The summed E-state index contributed by atoms with van der Waals surface area (Å²) in [5.74, 6) is -0.497. The van der Waals surface area contributed by atoms with Crippen LogP contribution in [0.1, 0.15) is 15.9 Å². The fourth-order valence-corrected chi connectivity index (χ4v) is 1.99. The quantitative estimate of drug-likeness (QED) is 0.826. The molecule has 0 saturated carbocycles. The van der Waals surface area contributed by atoms with Crippen molar-refractivity contribution in [2.24, 2.45) is 0 Å². The van der Waals surface area contributed by atoms with E-state index in [1.165, 1.54) is 7.11 Å². The highest BCUT2D eigenvalue weighted by Gasteiger charge is 2.13. The van der Waals surface area contributed by atoms with E-state index in [4.69, 9.17) is 16.3 Å². The van der Waals surface area contributed by atoms with Gasteiger partial charge in [0, 0.05) is 11.6 Å². The van der Waals surface area contributed by atoms with Gasteiger partial charge in [-0.15, -0.1) is 0 Å². The van der Waals surface area contributed by atoms with Crippen LogP contribution in [0.2, 0.25) is 5.02 Å². The third-order valence-electron chi connectivity index (χ3n) is 3.05. The summed E-state index contributed by atoms with van der Waals surface area (Å²) in [6.45, 7) is 0.180. The first-order valence-electron chi connectivity index (χ1n) is 6.91. The number of hydrogen-bond donors (Lipinski definition) is 1. The molecule has 0 saturated heterocycles. The van der Waals surface area contributed by atoms with Gasteiger partial charge >= 0.3 is 5.97 Å². The molecular weight excluding hydrogens is 318 g/mol. The van der Waals surface area contributed by atoms with Gasteiger partial charge in [0.15, 0.2) is 6.61 Å². The predicted octanol–water partition coefficient (Wildman–Crippen LogP) is 2.82. The maximum Gasteiger partial charge on any atom is 0.341 e. The fourth-order valence-electron chi connectivity index (χ4n) is 1.87. The number of methoxy groups -OCH3 is 1. The SMILES string of the molecule is COC(=O)c1ccccc1OCC(=O)NCc1ccc(Cl)cc1. The Morgan fingerprint density at radius 2 is 1.78 bits per heavy atom. The van der Waals surface area contributed by atoms with Gasteiger partial charge in [0.05, 0.1) is 7.11 Å². The molecule has 0 aliphatic carbocycles. The lowest BCUT2D eigenvalue weighted by atomic mass is 10.2. The number of rotatable bonds is 6. The minimum Gasteiger partial charge on any atom is -0.483 e. The van der Waals surface area contributed by atoms with Gasteiger partial charge in [-0.25, -0.2) is 4.79 Å². The molecule has 2 aromatic rings. The fraction of sp³-hybridized carbons (Fsp3) is 0.176. The molecule has 0 unspecified atom stereocenters. The van der Waals surface area contributed by atoms with Crippen molar-refractivity contribution in [2.45, 2.75) is 6.54 Å². The van der Waals surface area contributed by atoms with Gasteiger partial charge in [-0.2, -0.15) is 0 Å². The highest BCUT2D eigenvalue weighted by Crippen LogP contribution is 2.18. The van der Waals surface area contributed by atoms with Gasteiger partial charge in [-0.3, -0.25) is 4.79 Å². The molecular formula is C17H16ClNO4. The zero-order chi connectivity index (χ0) is 16.7. The minimum absolute atomic E-state index is 0.193. The van der Waals surface area contributed by atoms with Gasteiger partial charge in [0.25, 0.3) is 5.91 Å². The van der Waals surface area contributed by atoms with Crippen molar-refractivity contribution >= 4 is 23.5 Å². The maximum absolute atomic E-state index is 11.8. The van der Waals surface area contributed by atoms with Crippen molar-refractivity contribution in [3.63, 3.8) is 0 Å². The van der Waals surface area contributed by atoms with Gasteiger partial charge in [0.2, 0.25) is 0 Å². The molecule has 2 rings (SSSR count). The van der Waals surface area contributed by atoms with Gasteiger partial charge in [0.1, 0.15) is 11.3 Å². The average molecular weight is 334 g/mol.